The first-order valence-corrected chi connectivity index (χ1v) is 9.38. The average molecular weight is 303 g/mol. The molecular weight excluding hydrogens is 274 g/mol. The van der Waals surface area contributed by atoms with E-state index in [-0.39, 0.29) is 6.04 Å². The van der Waals surface area contributed by atoms with Crippen LogP contribution in [0.15, 0.2) is 0 Å². The van der Waals surface area contributed by atoms with Crippen LogP contribution in [-0.2, 0) is 10.2 Å². The molecule has 6 heteroatoms. The van der Waals surface area contributed by atoms with Crippen LogP contribution in [0.1, 0.15) is 51.4 Å². The minimum atomic E-state index is -3.29. The molecule has 118 valence electrons. The van der Waals surface area contributed by atoms with Crippen LogP contribution in [0.4, 0.5) is 0 Å². The van der Waals surface area contributed by atoms with Crippen molar-refractivity contribution in [2.24, 2.45) is 11.7 Å². The van der Waals surface area contributed by atoms with Gasteiger partial charge < -0.3 is 5.73 Å². The molecule has 1 saturated heterocycles. The number of hydrogen-bond donors (Lipinski definition) is 1. The Morgan fingerprint density at radius 1 is 1.15 bits per heavy atom. The number of nitrogens with zero attached hydrogens (tertiary/aromatic N) is 2. The summed E-state index contributed by atoms with van der Waals surface area (Å²) in [5.41, 5.74) is 5.61. The minimum absolute atomic E-state index is 0.198. The third-order valence-electron chi connectivity index (χ3n) is 4.84. The Bertz CT molecular complexity index is 391. The first-order chi connectivity index (χ1) is 9.55. The van der Waals surface area contributed by atoms with Gasteiger partial charge in [0.1, 0.15) is 0 Å². The smallest absolute Gasteiger partial charge is 0.281 e. The van der Waals surface area contributed by atoms with Crippen molar-refractivity contribution in [1.29, 1.82) is 0 Å². The molecule has 0 aromatic heterocycles. The molecule has 1 heterocycles. The lowest BCUT2D eigenvalue weighted by Gasteiger charge is -2.38. The standard InChI is InChI=1S/C14H29N3O2S/c1-16(14-7-3-2-4-8-14)20(18,19)17-11-5-6-13(12-17)9-10-15/h13-14H,2-12,15H2,1H3. The van der Waals surface area contributed by atoms with E-state index in [1.165, 1.54) is 6.42 Å². The maximum atomic E-state index is 12.8. The first kappa shape index (κ1) is 16.2. The Kier molecular flexibility index (Phi) is 5.84. The van der Waals surface area contributed by atoms with Crippen LogP contribution in [0.2, 0.25) is 0 Å². The van der Waals surface area contributed by atoms with E-state index in [4.69, 9.17) is 5.73 Å². The second-order valence-electron chi connectivity index (χ2n) is 6.26. The van der Waals surface area contributed by atoms with Crippen LogP contribution in [-0.4, -0.2) is 49.8 Å². The van der Waals surface area contributed by atoms with Crippen molar-refractivity contribution >= 4 is 10.2 Å². The van der Waals surface area contributed by atoms with Crippen molar-refractivity contribution in [3.8, 4) is 0 Å². The molecule has 2 rings (SSSR count). The SMILES string of the molecule is CN(C1CCCCC1)S(=O)(=O)N1CCCC(CCN)C1. The van der Waals surface area contributed by atoms with Crippen LogP contribution in [0, 0.1) is 5.92 Å². The highest BCUT2D eigenvalue weighted by Crippen LogP contribution is 2.27. The molecule has 1 aliphatic heterocycles. The fourth-order valence-electron chi connectivity index (χ4n) is 3.52. The average Bonchev–Trinajstić information content (AvgIpc) is 2.48. The van der Waals surface area contributed by atoms with Gasteiger partial charge in [-0.25, -0.2) is 0 Å². The summed E-state index contributed by atoms with van der Waals surface area (Å²) in [5, 5.41) is 0. The van der Waals surface area contributed by atoms with Gasteiger partial charge in [0.2, 0.25) is 0 Å². The third kappa shape index (κ3) is 3.72. The number of nitrogens with two attached hydrogens (primary N) is 1. The number of piperidine rings is 1. The normalized spacial score (nSPS) is 27.1. The van der Waals surface area contributed by atoms with Crippen LogP contribution < -0.4 is 5.73 Å². The maximum Gasteiger partial charge on any atom is 0.281 e. The molecule has 1 atom stereocenters. The highest BCUT2D eigenvalue weighted by Gasteiger charge is 2.35. The van der Waals surface area contributed by atoms with Crippen molar-refractivity contribution < 1.29 is 8.42 Å². The van der Waals surface area contributed by atoms with E-state index < -0.39 is 10.2 Å². The van der Waals surface area contributed by atoms with Gasteiger partial charge in [0.25, 0.3) is 10.2 Å². The highest BCUT2D eigenvalue weighted by molar-refractivity contribution is 7.86. The second-order valence-corrected chi connectivity index (χ2v) is 8.25. The Morgan fingerprint density at radius 2 is 1.85 bits per heavy atom. The van der Waals surface area contributed by atoms with Gasteiger partial charge in [-0.3, -0.25) is 0 Å². The monoisotopic (exact) mass is 303 g/mol. The zero-order chi connectivity index (χ0) is 14.6. The molecule has 2 fully saturated rings. The summed E-state index contributed by atoms with van der Waals surface area (Å²) in [7, 11) is -1.53. The summed E-state index contributed by atoms with van der Waals surface area (Å²) < 4.78 is 28.8. The summed E-state index contributed by atoms with van der Waals surface area (Å²) in [5.74, 6) is 0.434. The molecule has 5 nitrogen and oxygen atoms in total. The molecule has 2 N–H and O–H groups in total. The third-order valence-corrected chi connectivity index (χ3v) is 6.85. The van der Waals surface area contributed by atoms with Crippen LogP contribution in [0.5, 0.6) is 0 Å². The lowest BCUT2D eigenvalue weighted by molar-refractivity contribution is 0.221. The van der Waals surface area contributed by atoms with Gasteiger partial charge in [0.05, 0.1) is 0 Å². The Balaban J connectivity index is 2.00. The van der Waals surface area contributed by atoms with Crippen molar-refractivity contribution in [3.63, 3.8) is 0 Å². The first-order valence-electron chi connectivity index (χ1n) is 7.99. The second kappa shape index (κ2) is 7.20. The summed E-state index contributed by atoms with van der Waals surface area (Å²) in [6, 6.07) is 0.198. The molecule has 0 aromatic carbocycles. The zero-order valence-corrected chi connectivity index (χ0v) is 13.4. The molecule has 0 bridgehead atoms. The van der Waals surface area contributed by atoms with Gasteiger partial charge in [-0.05, 0) is 44.6 Å². The van der Waals surface area contributed by atoms with Crippen LogP contribution >= 0.6 is 0 Å². The molecule has 0 radical (unpaired) electrons. The highest BCUT2D eigenvalue weighted by atomic mass is 32.2. The quantitative estimate of drug-likeness (QED) is 0.838. The van der Waals surface area contributed by atoms with Crippen LogP contribution in [0.3, 0.4) is 0 Å². The number of hydrogen-bond acceptors (Lipinski definition) is 3. The Hall–Kier alpha value is -0.170. The largest absolute Gasteiger partial charge is 0.330 e. The molecule has 1 saturated carbocycles. The Labute approximate surface area is 123 Å². The predicted octanol–water partition coefficient (Wildman–Crippen LogP) is 1.56. The zero-order valence-electron chi connectivity index (χ0n) is 12.6. The fraction of sp³-hybridized carbons (Fsp3) is 1.00. The minimum Gasteiger partial charge on any atom is -0.330 e. The van der Waals surface area contributed by atoms with Gasteiger partial charge >= 0.3 is 0 Å². The number of rotatable bonds is 5. The van der Waals surface area contributed by atoms with E-state index >= 15 is 0 Å². The molecule has 0 aromatic rings. The lowest BCUT2D eigenvalue weighted by atomic mass is 9.96. The van der Waals surface area contributed by atoms with Gasteiger partial charge in [0.15, 0.2) is 0 Å². The topological polar surface area (TPSA) is 66.6 Å². The van der Waals surface area contributed by atoms with E-state index in [0.717, 1.165) is 44.9 Å². The van der Waals surface area contributed by atoms with E-state index in [2.05, 4.69) is 0 Å². The predicted molar refractivity (Wildman–Crippen MR) is 81.5 cm³/mol. The van der Waals surface area contributed by atoms with E-state index in [0.29, 0.717) is 25.6 Å². The van der Waals surface area contributed by atoms with Gasteiger partial charge in [-0.2, -0.15) is 17.0 Å². The van der Waals surface area contributed by atoms with Crippen molar-refractivity contribution in [1.82, 2.24) is 8.61 Å². The summed E-state index contributed by atoms with van der Waals surface area (Å²) >= 11 is 0. The molecule has 2 aliphatic rings. The van der Waals surface area contributed by atoms with Crippen molar-refractivity contribution in [3.05, 3.63) is 0 Å². The molecule has 0 spiro atoms. The van der Waals surface area contributed by atoms with Crippen molar-refractivity contribution in [2.45, 2.75) is 57.4 Å². The Morgan fingerprint density at radius 3 is 2.50 bits per heavy atom. The maximum absolute atomic E-state index is 12.8. The van der Waals surface area contributed by atoms with E-state index in [1.807, 2.05) is 0 Å². The molecular formula is C14H29N3O2S. The summed E-state index contributed by atoms with van der Waals surface area (Å²) in [4.78, 5) is 0. The molecule has 20 heavy (non-hydrogen) atoms. The van der Waals surface area contributed by atoms with Crippen LogP contribution in [0.25, 0.3) is 0 Å². The summed E-state index contributed by atoms with van der Waals surface area (Å²) in [6.45, 7) is 1.97. The van der Waals surface area contributed by atoms with Gasteiger partial charge in [0, 0.05) is 26.2 Å². The van der Waals surface area contributed by atoms with Crippen molar-refractivity contribution in [2.75, 3.05) is 26.7 Å². The fourth-order valence-corrected chi connectivity index (χ4v) is 5.23. The molecule has 1 unspecified atom stereocenters. The molecule has 0 amide bonds. The summed E-state index contributed by atoms with van der Waals surface area (Å²) in [6.07, 6.45) is 8.57. The van der Waals surface area contributed by atoms with Gasteiger partial charge in [-0.15, -0.1) is 0 Å². The van der Waals surface area contributed by atoms with Gasteiger partial charge in [-0.1, -0.05) is 19.3 Å². The van der Waals surface area contributed by atoms with E-state index in [9.17, 15) is 8.42 Å². The lowest BCUT2D eigenvalue weighted by Crippen LogP contribution is -2.50. The van der Waals surface area contributed by atoms with E-state index in [1.54, 1.807) is 15.7 Å². The molecule has 1 aliphatic carbocycles.